The first kappa shape index (κ1) is 13.4. The van der Waals surface area contributed by atoms with E-state index in [9.17, 15) is 18.3 Å². The molecule has 0 radical (unpaired) electrons. The van der Waals surface area contributed by atoms with Gasteiger partial charge < -0.3 is 20.2 Å². The molecule has 0 unspecified atom stereocenters. The summed E-state index contributed by atoms with van der Waals surface area (Å²) < 4.78 is 32.9. The Morgan fingerprint density at radius 3 is 2.33 bits per heavy atom. The molecule has 84 valence electrons. The molecule has 0 saturated heterocycles. The zero-order chi connectivity index (χ0) is 10.8. The van der Waals surface area contributed by atoms with Crippen LogP contribution in [0.25, 0.3) is 0 Å². The van der Waals surface area contributed by atoms with E-state index in [-0.39, 0.29) is 6.15 Å². The smallest absolute Gasteiger partial charge is 0.446 e. The van der Waals surface area contributed by atoms with Crippen LogP contribution in [0.5, 0.6) is 5.75 Å². The summed E-state index contributed by atoms with van der Waals surface area (Å²) in [6.45, 7) is 0. The van der Waals surface area contributed by atoms with Crippen molar-refractivity contribution in [3.05, 3.63) is 29.8 Å². The number of carboxylic acid groups (broad SMARTS) is 1. The van der Waals surface area contributed by atoms with Gasteiger partial charge in [0.25, 0.3) is 0 Å². The normalized spacial score (nSPS) is 10.2. The van der Waals surface area contributed by atoms with Crippen LogP contribution in [0, 0.1) is 0 Å². The van der Waals surface area contributed by atoms with Crippen LogP contribution in [0.15, 0.2) is 24.3 Å². The number of rotatable bonds is 3. The lowest BCUT2D eigenvalue weighted by molar-refractivity contribution is -0.255. The number of benzene rings is 1. The van der Waals surface area contributed by atoms with Crippen molar-refractivity contribution >= 4 is 16.4 Å². The highest BCUT2D eigenvalue weighted by molar-refractivity contribution is 7.81. The van der Waals surface area contributed by atoms with Gasteiger partial charge in [0, 0.05) is 5.56 Å². The molecule has 0 amide bonds. The molecule has 1 aromatic rings. The van der Waals surface area contributed by atoms with Crippen LogP contribution in [0.3, 0.4) is 0 Å². The van der Waals surface area contributed by atoms with E-state index in [1.54, 1.807) is 0 Å². The minimum Gasteiger partial charge on any atom is -0.545 e. The molecule has 5 N–H and O–H groups in total. The summed E-state index contributed by atoms with van der Waals surface area (Å²) >= 11 is 0. The van der Waals surface area contributed by atoms with E-state index in [0.717, 1.165) is 12.1 Å². The van der Waals surface area contributed by atoms with Crippen molar-refractivity contribution in [2.45, 2.75) is 0 Å². The van der Waals surface area contributed by atoms with Gasteiger partial charge in [0.1, 0.15) is 0 Å². The van der Waals surface area contributed by atoms with Crippen LogP contribution in [0.2, 0.25) is 0 Å². The summed E-state index contributed by atoms with van der Waals surface area (Å²) in [5.74, 6) is -2.08. The number of para-hydroxylation sites is 1. The molecule has 0 bridgehead atoms. The first-order chi connectivity index (χ1) is 6.40. The second-order valence-corrected chi connectivity index (χ2v) is 3.32. The van der Waals surface area contributed by atoms with E-state index in [4.69, 9.17) is 4.55 Å². The number of carboxylic acids is 1. The average Bonchev–Trinajstić information content (AvgIpc) is 2.01. The van der Waals surface area contributed by atoms with Crippen molar-refractivity contribution < 1.29 is 27.1 Å². The molecule has 0 saturated carbocycles. The zero-order valence-corrected chi connectivity index (χ0v) is 8.52. The molecule has 0 fully saturated rings. The summed E-state index contributed by atoms with van der Waals surface area (Å²) in [6.07, 6.45) is 0. The van der Waals surface area contributed by atoms with E-state index in [1.807, 2.05) is 0 Å². The Labute approximate surface area is 85.8 Å². The van der Waals surface area contributed by atoms with Gasteiger partial charge in [-0.25, -0.2) is 0 Å². The molecule has 0 aromatic heterocycles. The van der Waals surface area contributed by atoms with Crippen LogP contribution >= 0.6 is 0 Å². The van der Waals surface area contributed by atoms with Crippen LogP contribution < -0.4 is 15.4 Å². The van der Waals surface area contributed by atoms with E-state index in [1.165, 1.54) is 12.1 Å². The van der Waals surface area contributed by atoms with Crippen molar-refractivity contribution in [3.63, 3.8) is 0 Å². The molecule has 1 aromatic carbocycles. The predicted octanol–water partition coefficient (Wildman–Crippen LogP) is -0.392. The number of hydrogen-bond acceptors (Lipinski definition) is 5. The topological polar surface area (TPSA) is 140 Å². The Morgan fingerprint density at radius 1 is 1.33 bits per heavy atom. The molecule has 0 aliphatic rings. The molecule has 0 aliphatic carbocycles. The minimum absolute atomic E-state index is 0. The van der Waals surface area contributed by atoms with E-state index in [2.05, 4.69) is 4.18 Å². The SMILES string of the molecule is O=C([O-])c1ccccc1OS(=O)(=O)O.[NH4+]. The number of quaternary nitrogens is 1. The van der Waals surface area contributed by atoms with Crippen LogP contribution in [0.4, 0.5) is 0 Å². The van der Waals surface area contributed by atoms with Crippen molar-refractivity contribution in [2.24, 2.45) is 0 Å². The third-order valence-corrected chi connectivity index (χ3v) is 1.69. The third-order valence-electron chi connectivity index (χ3n) is 1.30. The van der Waals surface area contributed by atoms with Crippen molar-refractivity contribution in [2.75, 3.05) is 0 Å². The third kappa shape index (κ3) is 3.94. The summed E-state index contributed by atoms with van der Waals surface area (Å²) in [6, 6.07) is 4.89. The Kier molecular flexibility index (Phi) is 4.21. The largest absolute Gasteiger partial charge is 0.545 e. The number of carbonyl (C=O) groups excluding carboxylic acids is 1. The lowest BCUT2D eigenvalue weighted by Crippen LogP contribution is -2.23. The fourth-order valence-corrected chi connectivity index (χ4v) is 1.19. The standard InChI is InChI=1S/C7H6O6S.H3N/c8-7(9)5-3-1-2-4-6(5)13-14(10,11)12;/h1-4H,(H,8,9)(H,10,11,12);1H3. The van der Waals surface area contributed by atoms with Gasteiger partial charge in [-0.3, -0.25) is 4.55 Å². The van der Waals surface area contributed by atoms with Gasteiger partial charge in [0.15, 0.2) is 5.75 Å². The molecular weight excluding hydrogens is 226 g/mol. The molecule has 0 atom stereocenters. The molecular formula is C7H9NO6S. The van der Waals surface area contributed by atoms with Crippen LogP contribution in [-0.4, -0.2) is 18.9 Å². The Balaban J connectivity index is 0.00000196. The monoisotopic (exact) mass is 235 g/mol. The van der Waals surface area contributed by atoms with Gasteiger partial charge in [0.05, 0.1) is 5.97 Å². The highest BCUT2D eigenvalue weighted by Gasteiger charge is 2.11. The molecule has 7 nitrogen and oxygen atoms in total. The average molecular weight is 235 g/mol. The molecule has 0 spiro atoms. The highest BCUT2D eigenvalue weighted by Crippen LogP contribution is 2.18. The van der Waals surface area contributed by atoms with E-state index >= 15 is 0 Å². The summed E-state index contributed by atoms with van der Waals surface area (Å²) in [7, 11) is -4.72. The van der Waals surface area contributed by atoms with Crippen LogP contribution in [-0.2, 0) is 10.4 Å². The van der Waals surface area contributed by atoms with Crippen molar-refractivity contribution in [1.82, 2.24) is 6.15 Å². The van der Waals surface area contributed by atoms with Gasteiger partial charge in [-0.2, -0.15) is 8.42 Å². The molecule has 1 rings (SSSR count). The Morgan fingerprint density at radius 2 is 1.87 bits per heavy atom. The van der Waals surface area contributed by atoms with Gasteiger partial charge in [-0.05, 0) is 12.1 Å². The maximum atomic E-state index is 10.4. The minimum atomic E-state index is -4.72. The van der Waals surface area contributed by atoms with E-state index < -0.39 is 27.7 Å². The maximum Gasteiger partial charge on any atom is 0.446 e. The lowest BCUT2D eigenvalue weighted by Gasteiger charge is -2.08. The fraction of sp³-hybridized carbons (Fsp3) is 0. The molecule has 15 heavy (non-hydrogen) atoms. The van der Waals surface area contributed by atoms with Crippen LogP contribution in [0.1, 0.15) is 10.4 Å². The molecule has 0 heterocycles. The second kappa shape index (κ2) is 4.73. The summed E-state index contributed by atoms with van der Waals surface area (Å²) in [5, 5.41) is 10.4. The lowest BCUT2D eigenvalue weighted by atomic mass is 10.2. The summed E-state index contributed by atoms with van der Waals surface area (Å²) in [4.78, 5) is 10.4. The Bertz CT molecular complexity index is 454. The fourth-order valence-electron chi connectivity index (χ4n) is 0.821. The molecule has 0 aliphatic heterocycles. The quantitative estimate of drug-likeness (QED) is 0.683. The van der Waals surface area contributed by atoms with Gasteiger partial charge in [-0.1, -0.05) is 12.1 Å². The summed E-state index contributed by atoms with van der Waals surface area (Å²) in [5.41, 5.74) is -0.454. The predicted molar refractivity (Wildman–Crippen MR) is 48.9 cm³/mol. The number of hydrogen-bond donors (Lipinski definition) is 2. The van der Waals surface area contributed by atoms with Gasteiger partial charge in [0.2, 0.25) is 0 Å². The zero-order valence-electron chi connectivity index (χ0n) is 7.71. The van der Waals surface area contributed by atoms with Crippen molar-refractivity contribution in [1.29, 1.82) is 0 Å². The first-order valence-corrected chi connectivity index (χ1v) is 4.74. The van der Waals surface area contributed by atoms with Gasteiger partial charge in [-0.15, -0.1) is 0 Å². The first-order valence-electron chi connectivity index (χ1n) is 3.37. The van der Waals surface area contributed by atoms with Gasteiger partial charge >= 0.3 is 10.4 Å². The molecule has 8 heteroatoms. The second-order valence-electron chi connectivity index (χ2n) is 2.29. The number of aromatic carboxylic acids is 1. The van der Waals surface area contributed by atoms with E-state index in [0.29, 0.717) is 0 Å². The highest BCUT2D eigenvalue weighted by atomic mass is 32.3. The van der Waals surface area contributed by atoms with Crippen molar-refractivity contribution in [3.8, 4) is 5.75 Å². The maximum absolute atomic E-state index is 10.4. The Hall–Kier alpha value is -1.64. The number of carbonyl (C=O) groups is 1.